The first-order valence-corrected chi connectivity index (χ1v) is 9.33. The van der Waals surface area contributed by atoms with Crippen LogP contribution in [-0.4, -0.2) is 20.7 Å². The molecule has 0 aliphatic rings. The van der Waals surface area contributed by atoms with Crippen LogP contribution in [0.2, 0.25) is 0 Å². The molecule has 0 atom stereocenters. The topological polar surface area (TPSA) is 76.9 Å². The van der Waals surface area contributed by atoms with Crippen LogP contribution in [0.15, 0.2) is 51.0 Å². The molecule has 6 nitrogen and oxygen atoms in total. The van der Waals surface area contributed by atoms with Gasteiger partial charge in [-0.15, -0.1) is 21.5 Å². The van der Waals surface area contributed by atoms with Crippen LogP contribution in [0.5, 0.6) is 0 Å². The van der Waals surface area contributed by atoms with Gasteiger partial charge in [0.05, 0.1) is 0 Å². The molecule has 0 fully saturated rings. The highest BCUT2D eigenvalue weighted by atomic mass is 32.2. The molecule has 1 amide bonds. The Kier molecular flexibility index (Phi) is 5.21. The van der Waals surface area contributed by atoms with Gasteiger partial charge in [-0.2, -0.15) is 0 Å². The van der Waals surface area contributed by atoms with E-state index >= 15 is 0 Å². The van der Waals surface area contributed by atoms with E-state index in [0.29, 0.717) is 5.13 Å². The minimum atomic E-state index is -0.302. The molecule has 0 saturated carbocycles. The van der Waals surface area contributed by atoms with Gasteiger partial charge in [-0.1, -0.05) is 35.2 Å². The van der Waals surface area contributed by atoms with Crippen LogP contribution < -0.4 is 10.9 Å². The van der Waals surface area contributed by atoms with Crippen molar-refractivity contribution in [3.05, 3.63) is 57.1 Å². The van der Waals surface area contributed by atoms with Crippen LogP contribution in [0.3, 0.4) is 0 Å². The standard InChI is InChI=1S/C14H12N4O2S3/c19-11(8-18-6-2-1-5-12(18)20)15-13-16-17-14(23-13)22-9-10-4-3-7-21-10/h1-7H,8-9H2,(H,15,16,19). The summed E-state index contributed by atoms with van der Waals surface area (Å²) in [5.74, 6) is 0.531. The number of aromatic nitrogens is 3. The monoisotopic (exact) mass is 364 g/mol. The number of anilines is 1. The highest BCUT2D eigenvalue weighted by Gasteiger charge is 2.10. The van der Waals surface area contributed by atoms with Crippen molar-refractivity contribution in [2.75, 3.05) is 5.32 Å². The Hall–Kier alpha value is -1.97. The Bertz CT molecular complexity index is 842. The number of carbonyl (C=O) groups excluding carboxylic acids is 1. The zero-order chi connectivity index (χ0) is 16.1. The number of thioether (sulfide) groups is 1. The van der Waals surface area contributed by atoms with Crippen LogP contribution in [0.4, 0.5) is 5.13 Å². The molecule has 1 N–H and O–H groups in total. The Morgan fingerprint density at radius 1 is 1.26 bits per heavy atom. The molecule has 0 saturated heterocycles. The first kappa shape index (κ1) is 15.9. The average Bonchev–Trinajstić information content (AvgIpc) is 3.19. The summed E-state index contributed by atoms with van der Waals surface area (Å²) >= 11 is 4.60. The molecule has 3 rings (SSSR count). The molecule has 0 radical (unpaired) electrons. The van der Waals surface area contributed by atoms with Crippen LogP contribution >= 0.6 is 34.4 Å². The Labute approximate surface area is 144 Å². The van der Waals surface area contributed by atoms with Gasteiger partial charge in [-0.25, -0.2) is 0 Å². The number of nitrogens with one attached hydrogen (secondary N) is 1. The largest absolute Gasteiger partial charge is 0.306 e. The van der Waals surface area contributed by atoms with Gasteiger partial charge < -0.3 is 4.57 Å². The van der Waals surface area contributed by atoms with Gasteiger partial charge in [-0.3, -0.25) is 14.9 Å². The summed E-state index contributed by atoms with van der Waals surface area (Å²) in [5.41, 5.74) is -0.216. The summed E-state index contributed by atoms with van der Waals surface area (Å²) in [4.78, 5) is 24.8. The Morgan fingerprint density at radius 3 is 2.96 bits per heavy atom. The molecule has 0 aliphatic heterocycles. The van der Waals surface area contributed by atoms with Gasteiger partial charge in [0, 0.05) is 22.9 Å². The number of carbonyl (C=O) groups is 1. The van der Waals surface area contributed by atoms with Crippen molar-refractivity contribution in [1.82, 2.24) is 14.8 Å². The van der Waals surface area contributed by atoms with Crippen LogP contribution in [0, 0.1) is 0 Å². The highest BCUT2D eigenvalue weighted by Crippen LogP contribution is 2.29. The Morgan fingerprint density at radius 2 is 2.17 bits per heavy atom. The summed E-state index contributed by atoms with van der Waals surface area (Å²) in [6, 6.07) is 8.84. The van der Waals surface area contributed by atoms with Gasteiger partial charge in [-0.05, 0) is 17.5 Å². The quantitative estimate of drug-likeness (QED) is 0.537. The first-order chi connectivity index (χ1) is 11.2. The average molecular weight is 364 g/mol. The van der Waals surface area contributed by atoms with Crippen molar-refractivity contribution < 1.29 is 4.79 Å². The Balaban J connectivity index is 1.55. The molecule has 3 aromatic rings. The van der Waals surface area contributed by atoms with Gasteiger partial charge in [0.1, 0.15) is 6.54 Å². The summed E-state index contributed by atoms with van der Waals surface area (Å²) in [7, 11) is 0. The van der Waals surface area contributed by atoms with Gasteiger partial charge in [0.2, 0.25) is 11.0 Å². The summed E-state index contributed by atoms with van der Waals surface area (Å²) in [6.45, 7) is -0.0447. The van der Waals surface area contributed by atoms with E-state index < -0.39 is 0 Å². The van der Waals surface area contributed by atoms with Crippen molar-refractivity contribution in [2.45, 2.75) is 16.6 Å². The lowest BCUT2D eigenvalue weighted by Gasteiger charge is -2.03. The molecule has 9 heteroatoms. The van der Waals surface area contributed by atoms with Crippen molar-refractivity contribution in [3.8, 4) is 0 Å². The zero-order valence-corrected chi connectivity index (χ0v) is 14.3. The molecule has 0 aliphatic carbocycles. The van der Waals surface area contributed by atoms with E-state index in [1.165, 1.54) is 26.8 Å². The summed E-state index contributed by atoms with van der Waals surface area (Å²) < 4.78 is 2.13. The lowest BCUT2D eigenvalue weighted by atomic mass is 10.4. The molecular formula is C14H12N4O2S3. The highest BCUT2D eigenvalue weighted by molar-refractivity contribution is 8.00. The maximum Gasteiger partial charge on any atom is 0.250 e. The SMILES string of the molecule is O=C(Cn1ccccc1=O)Nc1nnc(SCc2cccs2)s1. The molecule has 0 spiro atoms. The normalized spacial score (nSPS) is 10.6. The molecule has 3 aromatic heterocycles. The number of rotatable bonds is 6. The number of pyridine rings is 1. The number of hydrogen-bond acceptors (Lipinski definition) is 7. The molecule has 118 valence electrons. The van der Waals surface area contributed by atoms with E-state index in [-0.39, 0.29) is 18.0 Å². The van der Waals surface area contributed by atoms with E-state index in [1.807, 2.05) is 11.4 Å². The molecular weight excluding hydrogens is 352 g/mol. The molecule has 0 bridgehead atoms. The van der Waals surface area contributed by atoms with Crippen molar-refractivity contribution >= 4 is 45.5 Å². The number of amides is 1. The first-order valence-electron chi connectivity index (χ1n) is 6.65. The van der Waals surface area contributed by atoms with Gasteiger partial charge >= 0.3 is 0 Å². The summed E-state index contributed by atoms with van der Waals surface area (Å²) in [6.07, 6.45) is 1.57. The second-order valence-electron chi connectivity index (χ2n) is 4.46. The maximum atomic E-state index is 12.0. The van der Waals surface area contributed by atoms with E-state index in [4.69, 9.17) is 0 Å². The molecule has 0 unspecified atom stereocenters. The maximum absolute atomic E-state index is 12.0. The van der Waals surface area contributed by atoms with Gasteiger partial charge in [0.15, 0.2) is 4.34 Å². The van der Waals surface area contributed by atoms with Crippen molar-refractivity contribution in [3.63, 3.8) is 0 Å². The van der Waals surface area contributed by atoms with E-state index in [1.54, 1.807) is 41.4 Å². The minimum absolute atomic E-state index is 0.0447. The minimum Gasteiger partial charge on any atom is -0.306 e. The fourth-order valence-corrected chi connectivity index (χ4v) is 4.29. The second kappa shape index (κ2) is 7.53. The predicted octanol–water partition coefficient (Wildman–Crippen LogP) is 2.69. The fraction of sp³-hybridized carbons (Fsp3) is 0.143. The van der Waals surface area contributed by atoms with Gasteiger partial charge in [0.25, 0.3) is 5.56 Å². The zero-order valence-electron chi connectivity index (χ0n) is 11.8. The third kappa shape index (κ3) is 4.50. The number of thiophene rings is 1. The van der Waals surface area contributed by atoms with Crippen molar-refractivity contribution in [2.24, 2.45) is 0 Å². The van der Waals surface area contributed by atoms with Crippen LogP contribution in [0.1, 0.15) is 4.88 Å². The lowest BCUT2D eigenvalue weighted by molar-refractivity contribution is -0.116. The van der Waals surface area contributed by atoms with E-state index in [0.717, 1.165) is 10.1 Å². The number of nitrogens with zero attached hydrogens (tertiary/aromatic N) is 3. The third-order valence-corrected chi connectivity index (χ3v) is 5.86. The van der Waals surface area contributed by atoms with E-state index in [9.17, 15) is 9.59 Å². The van der Waals surface area contributed by atoms with Crippen LogP contribution in [0.25, 0.3) is 0 Å². The van der Waals surface area contributed by atoms with Crippen molar-refractivity contribution in [1.29, 1.82) is 0 Å². The van der Waals surface area contributed by atoms with Crippen LogP contribution in [-0.2, 0) is 17.1 Å². The smallest absolute Gasteiger partial charge is 0.250 e. The molecule has 3 heterocycles. The predicted molar refractivity (Wildman–Crippen MR) is 93.1 cm³/mol. The lowest BCUT2D eigenvalue weighted by Crippen LogP contribution is -2.26. The summed E-state index contributed by atoms with van der Waals surface area (Å²) in [5, 5.41) is 13.1. The number of hydrogen-bond donors (Lipinski definition) is 1. The van der Waals surface area contributed by atoms with E-state index in [2.05, 4.69) is 21.6 Å². The third-order valence-electron chi connectivity index (χ3n) is 2.78. The molecule has 0 aromatic carbocycles. The molecule has 23 heavy (non-hydrogen) atoms. The fourth-order valence-electron chi connectivity index (χ4n) is 1.75. The second-order valence-corrected chi connectivity index (χ2v) is 7.69.